The van der Waals surface area contributed by atoms with Gasteiger partial charge in [0.15, 0.2) is 0 Å². The molecule has 0 aliphatic carbocycles. The number of amides is 2. The first-order valence-electron chi connectivity index (χ1n) is 12.7. The lowest BCUT2D eigenvalue weighted by molar-refractivity contribution is 0.0947. The Balaban J connectivity index is 1.06. The predicted molar refractivity (Wildman–Crippen MR) is 159 cm³/mol. The highest BCUT2D eigenvalue weighted by Gasteiger charge is 2.08. The van der Waals surface area contributed by atoms with Crippen LogP contribution < -0.4 is 10.9 Å². The van der Waals surface area contributed by atoms with E-state index < -0.39 is 0 Å². The fourth-order valence-electron chi connectivity index (χ4n) is 4.52. The fourth-order valence-corrected chi connectivity index (χ4v) is 4.52. The lowest BCUT2D eigenvalue weighted by Crippen LogP contribution is -2.17. The molecule has 0 bridgehead atoms. The normalized spacial score (nSPS) is 11.5. The number of aromatic nitrogens is 2. The molecule has 4 aromatic carbocycles. The minimum atomic E-state index is -0.302. The van der Waals surface area contributed by atoms with E-state index in [0.29, 0.717) is 11.1 Å². The lowest BCUT2D eigenvalue weighted by atomic mass is 10.0. The number of nitrogens with one attached hydrogen (secondary N) is 4. The highest BCUT2D eigenvalue weighted by Crippen LogP contribution is 2.21. The van der Waals surface area contributed by atoms with E-state index in [4.69, 9.17) is 0 Å². The Labute approximate surface area is 229 Å². The molecule has 0 radical (unpaired) electrons. The standard InChI is InChI=1S/C32H24N6O2/c39-31(37-35-19-25-3-1-5-29-27(25)15-17-33-29)23-11-7-21(8-12-23)22-9-13-24(14-10-22)32(40)38-36-20-26-4-2-6-30-28(26)16-18-34-30/h1-20,33-34H,(H,37,39)(H,38,40)/b35-19+,36-20+. The zero-order valence-corrected chi connectivity index (χ0v) is 21.3. The number of carbonyl (C=O) groups is 2. The van der Waals surface area contributed by atoms with Crippen molar-refractivity contribution in [3.63, 3.8) is 0 Å². The second kappa shape index (κ2) is 10.9. The predicted octanol–water partition coefficient (Wildman–Crippen LogP) is 5.84. The van der Waals surface area contributed by atoms with E-state index in [2.05, 4.69) is 31.0 Å². The lowest BCUT2D eigenvalue weighted by Gasteiger charge is -2.06. The molecule has 40 heavy (non-hydrogen) atoms. The first-order valence-corrected chi connectivity index (χ1v) is 12.7. The number of hydrogen-bond donors (Lipinski definition) is 4. The third-order valence-corrected chi connectivity index (χ3v) is 6.62. The third kappa shape index (κ3) is 5.14. The van der Waals surface area contributed by atoms with Crippen LogP contribution in [0, 0.1) is 0 Å². The van der Waals surface area contributed by atoms with Crippen LogP contribution in [0.4, 0.5) is 0 Å². The van der Waals surface area contributed by atoms with Crippen molar-refractivity contribution in [3.05, 3.63) is 132 Å². The summed E-state index contributed by atoms with van der Waals surface area (Å²) >= 11 is 0. The highest BCUT2D eigenvalue weighted by molar-refractivity contribution is 6.01. The monoisotopic (exact) mass is 524 g/mol. The summed E-state index contributed by atoms with van der Waals surface area (Å²) in [4.78, 5) is 31.4. The fraction of sp³-hybridized carbons (Fsp3) is 0. The first-order chi connectivity index (χ1) is 19.7. The van der Waals surface area contributed by atoms with Gasteiger partial charge in [0.25, 0.3) is 11.8 Å². The maximum absolute atomic E-state index is 12.6. The van der Waals surface area contributed by atoms with Crippen LogP contribution in [0.15, 0.2) is 120 Å². The molecular formula is C32H24N6O2. The summed E-state index contributed by atoms with van der Waals surface area (Å²) in [6.45, 7) is 0. The van der Waals surface area contributed by atoms with Crippen LogP contribution in [-0.2, 0) is 0 Å². The minimum Gasteiger partial charge on any atom is -0.361 e. The van der Waals surface area contributed by atoms with E-state index >= 15 is 0 Å². The van der Waals surface area contributed by atoms with Crippen LogP contribution in [0.25, 0.3) is 32.9 Å². The summed E-state index contributed by atoms with van der Waals surface area (Å²) in [5.74, 6) is -0.603. The van der Waals surface area contributed by atoms with Crippen molar-refractivity contribution >= 4 is 46.0 Å². The molecular weight excluding hydrogens is 500 g/mol. The Morgan fingerprint density at radius 3 is 1.40 bits per heavy atom. The number of hydrazone groups is 2. The Morgan fingerprint density at radius 1 is 0.550 bits per heavy atom. The Hall–Kier alpha value is -5.76. The summed E-state index contributed by atoms with van der Waals surface area (Å²) in [5, 5.41) is 10.3. The Morgan fingerprint density at radius 2 is 0.975 bits per heavy atom. The van der Waals surface area contributed by atoms with Gasteiger partial charge in [-0.05, 0) is 59.7 Å². The number of aromatic amines is 2. The van der Waals surface area contributed by atoms with Gasteiger partial charge in [0.1, 0.15) is 0 Å². The molecule has 0 saturated heterocycles. The molecule has 8 nitrogen and oxygen atoms in total. The quantitative estimate of drug-likeness (QED) is 0.155. The number of carbonyl (C=O) groups excluding carboxylic acids is 2. The minimum absolute atomic E-state index is 0.302. The van der Waals surface area contributed by atoms with Gasteiger partial charge in [-0.25, -0.2) is 10.9 Å². The Kier molecular flexibility index (Phi) is 6.71. The number of benzene rings is 4. The van der Waals surface area contributed by atoms with E-state index in [1.807, 2.05) is 85.2 Å². The van der Waals surface area contributed by atoms with E-state index in [-0.39, 0.29) is 11.8 Å². The largest absolute Gasteiger partial charge is 0.361 e. The highest BCUT2D eigenvalue weighted by atomic mass is 16.2. The molecule has 6 rings (SSSR count). The first kappa shape index (κ1) is 24.6. The maximum atomic E-state index is 12.6. The van der Waals surface area contributed by atoms with Crippen LogP contribution in [0.1, 0.15) is 31.8 Å². The second-order valence-electron chi connectivity index (χ2n) is 9.13. The van der Waals surface area contributed by atoms with Gasteiger partial charge in [0.05, 0.1) is 12.4 Å². The molecule has 2 heterocycles. The van der Waals surface area contributed by atoms with Crippen molar-refractivity contribution < 1.29 is 9.59 Å². The van der Waals surface area contributed by atoms with Crippen LogP contribution in [0.5, 0.6) is 0 Å². The topological polar surface area (TPSA) is 114 Å². The summed E-state index contributed by atoms with van der Waals surface area (Å²) < 4.78 is 0. The van der Waals surface area contributed by atoms with Gasteiger partial charge in [-0.2, -0.15) is 10.2 Å². The van der Waals surface area contributed by atoms with Crippen molar-refractivity contribution in [2.24, 2.45) is 10.2 Å². The molecule has 0 unspecified atom stereocenters. The van der Waals surface area contributed by atoms with E-state index in [0.717, 1.165) is 44.1 Å². The third-order valence-electron chi connectivity index (χ3n) is 6.62. The molecule has 4 N–H and O–H groups in total. The number of nitrogens with zero attached hydrogens (tertiary/aromatic N) is 2. The average molecular weight is 525 g/mol. The van der Waals surface area contributed by atoms with Crippen molar-refractivity contribution in [1.29, 1.82) is 0 Å². The molecule has 8 heteroatoms. The molecule has 6 aromatic rings. The van der Waals surface area contributed by atoms with Crippen LogP contribution in [0.2, 0.25) is 0 Å². The molecule has 0 saturated carbocycles. The maximum Gasteiger partial charge on any atom is 0.271 e. The van der Waals surface area contributed by atoms with Gasteiger partial charge in [0.2, 0.25) is 0 Å². The van der Waals surface area contributed by atoms with Crippen molar-refractivity contribution in [2.75, 3.05) is 0 Å². The molecule has 0 aliphatic heterocycles. The molecule has 0 atom stereocenters. The average Bonchev–Trinajstić information content (AvgIpc) is 3.68. The van der Waals surface area contributed by atoms with E-state index in [1.165, 1.54) is 0 Å². The SMILES string of the molecule is O=C(N/N=C/c1cccc2[nH]ccc12)c1ccc(-c2ccc(C(=O)N/N=C/c3cccc4[nH]ccc34)cc2)cc1. The number of rotatable bonds is 7. The van der Waals surface area contributed by atoms with Gasteiger partial charge in [-0.3, -0.25) is 9.59 Å². The second-order valence-corrected chi connectivity index (χ2v) is 9.13. The zero-order valence-electron chi connectivity index (χ0n) is 21.3. The van der Waals surface area contributed by atoms with E-state index in [9.17, 15) is 9.59 Å². The summed E-state index contributed by atoms with van der Waals surface area (Å²) in [7, 11) is 0. The smallest absolute Gasteiger partial charge is 0.271 e. The van der Waals surface area contributed by atoms with Crippen molar-refractivity contribution in [3.8, 4) is 11.1 Å². The van der Waals surface area contributed by atoms with Crippen LogP contribution in [-0.4, -0.2) is 34.2 Å². The van der Waals surface area contributed by atoms with E-state index in [1.54, 1.807) is 36.7 Å². The number of H-pyrrole nitrogens is 2. The van der Waals surface area contributed by atoms with Crippen molar-refractivity contribution in [2.45, 2.75) is 0 Å². The number of hydrogen-bond acceptors (Lipinski definition) is 4. The van der Waals surface area contributed by atoms with Gasteiger partial charge in [0, 0.05) is 56.5 Å². The molecule has 0 fully saturated rings. The number of fused-ring (bicyclic) bond motifs is 2. The molecule has 0 spiro atoms. The molecule has 194 valence electrons. The van der Waals surface area contributed by atoms with Gasteiger partial charge in [-0.15, -0.1) is 0 Å². The van der Waals surface area contributed by atoms with Gasteiger partial charge in [-0.1, -0.05) is 48.5 Å². The summed E-state index contributed by atoms with van der Waals surface area (Å²) in [6.07, 6.45) is 7.00. The van der Waals surface area contributed by atoms with Gasteiger partial charge < -0.3 is 9.97 Å². The zero-order chi connectivity index (χ0) is 27.3. The van der Waals surface area contributed by atoms with Crippen molar-refractivity contribution in [1.82, 2.24) is 20.8 Å². The summed E-state index contributed by atoms with van der Waals surface area (Å²) in [6, 6.07) is 30.1. The molecule has 0 aliphatic rings. The van der Waals surface area contributed by atoms with Crippen LogP contribution in [0.3, 0.4) is 0 Å². The molecule has 2 amide bonds. The Bertz CT molecular complexity index is 1740. The van der Waals surface area contributed by atoms with Gasteiger partial charge >= 0.3 is 0 Å². The van der Waals surface area contributed by atoms with Crippen LogP contribution >= 0.6 is 0 Å². The summed E-state index contributed by atoms with van der Waals surface area (Å²) in [5.41, 5.74) is 11.8. The molecule has 2 aromatic heterocycles.